The minimum atomic E-state index is -1.05. The number of hydrogen-bond donors (Lipinski definition) is 2. The van der Waals surface area contributed by atoms with Gasteiger partial charge in [0, 0.05) is 6.54 Å². The van der Waals surface area contributed by atoms with Gasteiger partial charge in [-0.25, -0.2) is 9.59 Å². The van der Waals surface area contributed by atoms with Crippen molar-refractivity contribution in [2.45, 2.75) is 57.7 Å². The standard InChI is InChI=1S/C19H26N2O5/c1-2-3-10-15(18(23)24)20-17(22)16-11-7-12-21(16)19(25)26-13-14-8-5-4-6-9-14/h4-6,8-9,15-16H,2-3,7,10-13H2,1H3,(H,20,22)(H,23,24)/t15-,16+/m0/s1. The van der Waals surface area contributed by atoms with Crippen LogP contribution >= 0.6 is 0 Å². The lowest BCUT2D eigenvalue weighted by molar-refractivity contribution is -0.142. The largest absolute Gasteiger partial charge is 0.480 e. The van der Waals surface area contributed by atoms with Gasteiger partial charge in [0.1, 0.15) is 18.7 Å². The van der Waals surface area contributed by atoms with E-state index in [4.69, 9.17) is 4.74 Å². The Labute approximate surface area is 153 Å². The Bertz CT molecular complexity index is 620. The number of nitrogens with one attached hydrogen (secondary N) is 1. The summed E-state index contributed by atoms with van der Waals surface area (Å²) in [5.41, 5.74) is 0.867. The Morgan fingerprint density at radius 1 is 1.31 bits per heavy atom. The third-order valence-electron chi connectivity index (χ3n) is 4.46. The van der Waals surface area contributed by atoms with E-state index in [1.807, 2.05) is 37.3 Å². The maximum absolute atomic E-state index is 12.5. The Morgan fingerprint density at radius 3 is 2.69 bits per heavy atom. The first kappa shape index (κ1) is 19.8. The summed E-state index contributed by atoms with van der Waals surface area (Å²) in [5.74, 6) is -1.48. The summed E-state index contributed by atoms with van der Waals surface area (Å²) >= 11 is 0. The van der Waals surface area contributed by atoms with E-state index in [1.54, 1.807) is 0 Å². The van der Waals surface area contributed by atoms with Crippen molar-refractivity contribution in [3.8, 4) is 0 Å². The second-order valence-corrected chi connectivity index (χ2v) is 6.43. The average Bonchev–Trinajstić information content (AvgIpc) is 3.13. The molecule has 0 spiro atoms. The number of unbranched alkanes of at least 4 members (excludes halogenated alkanes) is 1. The molecule has 0 radical (unpaired) electrons. The van der Waals surface area contributed by atoms with E-state index in [0.717, 1.165) is 12.0 Å². The molecule has 2 amide bonds. The van der Waals surface area contributed by atoms with E-state index in [9.17, 15) is 19.5 Å². The second kappa shape index (κ2) is 9.79. The number of carboxylic acids is 1. The molecule has 1 aliphatic rings. The molecular formula is C19H26N2O5. The zero-order valence-corrected chi connectivity index (χ0v) is 15.0. The van der Waals surface area contributed by atoms with Crippen LogP contribution in [0.5, 0.6) is 0 Å². The number of hydrogen-bond acceptors (Lipinski definition) is 4. The molecular weight excluding hydrogens is 336 g/mol. The number of ether oxygens (including phenoxy) is 1. The Morgan fingerprint density at radius 2 is 2.04 bits per heavy atom. The van der Waals surface area contributed by atoms with E-state index in [2.05, 4.69) is 5.32 Å². The fraction of sp³-hybridized carbons (Fsp3) is 0.526. The molecule has 1 aromatic carbocycles. The summed E-state index contributed by atoms with van der Waals surface area (Å²) in [4.78, 5) is 37.5. The highest BCUT2D eigenvalue weighted by molar-refractivity contribution is 5.89. The monoisotopic (exact) mass is 362 g/mol. The zero-order chi connectivity index (χ0) is 18.9. The van der Waals surface area contributed by atoms with E-state index < -0.39 is 30.1 Å². The van der Waals surface area contributed by atoms with Gasteiger partial charge in [-0.15, -0.1) is 0 Å². The maximum Gasteiger partial charge on any atom is 0.410 e. The van der Waals surface area contributed by atoms with Gasteiger partial charge in [0.05, 0.1) is 0 Å². The average molecular weight is 362 g/mol. The van der Waals surface area contributed by atoms with Crippen LogP contribution in [0.2, 0.25) is 0 Å². The summed E-state index contributed by atoms with van der Waals surface area (Å²) in [5, 5.41) is 11.8. The van der Waals surface area contributed by atoms with Crippen molar-refractivity contribution < 1.29 is 24.2 Å². The van der Waals surface area contributed by atoms with Gasteiger partial charge in [-0.3, -0.25) is 9.69 Å². The highest BCUT2D eigenvalue weighted by Crippen LogP contribution is 2.19. The summed E-state index contributed by atoms with van der Waals surface area (Å²) in [7, 11) is 0. The van der Waals surface area contributed by atoms with Crippen molar-refractivity contribution in [2.24, 2.45) is 0 Å². The summed E-state index contributed by atoms with van der Waals surface area (Å²) in [6, 6.07) is 7.70. The smallest absolute Gasteiger partial charge is 0.410 e. The van der Waals surface area contributed by atoms with Crippen LogP contribution in [0.3, 0.4) is 0 Å². The summed E-state index contributed by atoms with van der Waals surface area (Å²) in [6.07, 6.45) is 2.58. The molecule has 7 nitrogen and oxygen atoms in total. The normalized spacial score (nSPS) is 17.6. The number of aliphatic carboxylic acids is 1. The molecule has 142 valence electrons. The van der Waals surface area contributed by atoms with E-state index in [0.29, 0.717) is 32.2 Å². The Balaban J connectivity index is 1.91. The van der Waals surface area contributed by atoms with Crippen LogP contribution in [0.15, 0.2) is 30.3 Å². The fourth-order valence-corrected chi connectivity index (χ4v) is 2.99. The molecule has 0 unspecified atom stereocenters. The molecule has 2 N–H and O–H groups in total. The van der Waals surface area contributed by atoms with Crippen LogP contribution in [-0.2, 0) is 20.9 Å². The quantitative estimate of drug-likeness (QED) is 0.741. The number of carbonyl (C=O) groups is 3. The van der Waals surface area contributed by atoms with Crippen molar-refractivity contribution in [1.29, 1.82) is 0 Å². The first-order chi connectivity index (χ1) is 12.5. The third-order valence-corrected chi connectivity index (χ3v) is 4.46. The number of carboxylic acid groups (broad SMARTS) is 1. The molecule has 1 aromatic rings. The summed E-state index contributed by atoms with van der Waals surface area (Å²) in [6.45, 7) is 2.53. The van der Waals surface area contributed by atoms with Crippen molar-refractivity contribution in [3.63, 3.8) is 0 Å². The number of benzene rings is 1. The van der Waals surface area contributed by atoms with Crippen LogP contribution < -0.4 is 5.32 Å². The molecule has 1 aliphatic heterocycles. The van der Waals surface area contributed by atoms with E-state index in [-0.39, 0.29) is 6.61 Å². The Kier molecular flexibility index (Phi) is 7.44. The number of likely N-dealkylation sites (tertiary alicyclic amines) is 1. The van der Waals surface area contributed by atoms with Gasteiger partial charge >= 0.3 is 12.1 Å². The van der Waals surface area contributed by atoms with Gasteiger partial charge in [0.25, 0.3) is 0 Å². The van der Waals surface area contributed by atoms with Gasteiger partial charge in [-0.2, -0.15) is 0 Å². The van der Waals surface area contributed by atoms with Gasteiger partial charge in [0.15, 0.2) is 0 Å². The molecule has 2 rings (SSSR count). The lowest BCUT2D eigenvalue weighted by atomic mass is 10.1. The lowest BCUT2D eigenvalue weighted by Gasteiger charge is -2.25. The van der Waals surface area contributed by atoms with Gasteiger partial charge in [0.2, 0.25) is 5.91 Å². The Hall–Kier alpha value is -2.57. The van der Waals surface area contributed by atoms with Crippen LogP contribution in [0, 0.1) is 0 Å². The van der Waals surface area contributed by atoms with Crippen LogP contribution in [0.25, 0.3) is 0 Å². The minimum Gasteiger partial charge on any atom is -0.480 e. The van der Waals surface area contributed by atoms with Gasteiger partial charge in [-0.05, 0) is 24.8 Å². The summed E-state index contributed by atoms with van der Waals surface area (Å²) < 4.78 is 5.30. The molecule has 26 heavy (non-hydrogen) atoms. The first-order valence-corrected chi connectivity index (χ1v) is 9.03. The second-order valence-electron chi connectivity index (χ2n) is 6.43. The van der Waals surface area contributed by atoms with Crippen LogP contribution in [0.4, 0.5) is 4.79 Å². The topological polar surface area (TPSA) is 95.9 Å². The molecule has 2 atom stereocenters. The van der Waals surface area contributed by atoms with Gasteiger partial charge < -0.3 is 15.2 Å². The molecule has 0 aliphatic carbocycles. The van der Waals surface area contributed by atoms with Crippen molar-refractivity contribution in [2.75, 3.05) is 6.54 Å². The predicted molar refractivity (Wildman–Crippen MR) is 95.4 cm³/mol. The SMILES string of the molecule is CCCC[C@H](NC(=O)[C@H]1CCCN1C(=O)OCc1ccccc1)C(=O)O. The van der Waals surface area contributed by atoms with E-state index in [1.165, 1.54) is 4.90 Å². The minimum absolute atomic E-state index is 0.138. The number of nitrogens with zero attached hydrogens (tertiary/aromatic N) is 1. The number of carbonyl (C=O) groups excluding carboxylic acids is 2. The fourth-order valence-electron chi connectivity index (χ4n) is 2.99. The molecule has 1 saturated heterocycles. The number of rotatable bonds is 8. The molecule has 7 heteroatoms. The van der Waals surface area contributed by atoms with Crippen LogP contribution in [0.1, 0.15) is 44.6 Å². The molecule has 1 fully saturated rings. The molecule has 0 saturated carbocycles. The van der Waals surface area contributed by atoms with E-state index >= 15 is 0 Å². The molecule has 1 heterocycles. The van der Waals surface area contributed by atoms with Crippen molar-refractivity contribution >= 4 is 18.0 Å². The van der Waals surface area contributed by atoms with Crippen molar-refractivity contribution in [3.05, 3.63) is 35.9 Å². The highest BCUT2D eigenvalue weighted by Gasteiger charge is 2.36. The van der Waals surface area contributed by atoms with Gasteiger partial charge in [-0.1, -0.05) is 50.1 Å². The lowest BCUT2D eigenvalue weighted by Crippen LogP contribution is -2.50. The first-order valence-electron chi connectivity index (χ1n) is 9.03. The molecule has 0 bridgehead atoms. The predicted octanol–water partition coefficient (Wildman–Crippen LogP) is 2.55. The van der Waals surface area contributed by atoms with Crippen molar-refractivity contribution in [1.82, 2.24) is 10.2 Å². The zero-order valence-electron chi connectivity index (χ0n) is 15.0. The third kappa shape index (κ3) is 5.47. The maximum atomic E-state index is 12.5. The molecule has 0 aromatic heterocycles. The van der Waals surface area contributed by atoms with Crippen LogP contribution in [-0.4, -0.2) is 46.6 Å². The number of amides is 2. The highest BCUT2D eigenvalue weighted by atomic mass is 16.6.